The summed E-state index contributed by atoms with van der Waals surface area (Å²) >= 11 is 0. The molecule has 0 aliphatic carbocycles. The van der Waals surface area contributed by atoms with E-state index in [2.05, 4.69) is 31.4 Å². The Morgan fingerprint density at radius 3 is 2.23 bits per heavy atom. The minimum Gasteiger partial charge on any atom is -0.480 e. The lowest BCUT2D eigenvalue weighted by molar-refractivity contribution is -0.138. The van der Waals surface area contributed by atoms with Gasteiger partial charge in [-0.25, -0.2) is 0 Å². The normalized spacial score (nSPS) is 12.3. The van der Waals surface area contributed by atoms with Crippen LogP contribution in [0, 0.1) is 0 Å². The molecule has 0 heterocycles. The van der Waals surface area contributed by atoms with E-state index in [-0.39, 0.29) is 11.3 Å². The molecule has 0 saturated heterocycles. The standard InChI is InChI=1S/C19H29N3O4/c1-19(2,3)14-9-7-13(8-10-14)17(25)21-11-5-4-6-15(20)18(26)22-12-16(23)24/h7-10,15H,4-6,11-12,20H2,1-3H3,(H,21,25)(H,22,26)(H,23,24)/t15-/m1/s1. The molecule has 0 saturated carbocycles. The number of hydrogen-bond donors (Lipinski definition) is 4. The van der Waals surface area contributed by atoms with Gasteiger partial charge in [0, 0.05) is 12.1 Å². The third kappa shape index (κ3) is 7.65. The molecular formula is C19H29N3O4. The predicted octanol–water partition coefficient (Wildman–Crippen LogP) is 1.41. The summed E-state index contributed by atoms with van der Waals surface area (Å²) in [7, 11) is 0. The molecule has 144 valence electrons. The molecule has 0 aliphatic heterocycles. The van der Waals surface area contributed by atoms with Gasteiger partial charge in [0.25, 0.3) is 5.91 Å². The van der Waals surface area contributed by atoms with Crippen LogP contribution in [0.4, 0.5) is 0 Å². The van der Waals surface area contributed by atoms with E-state index in [0.717, 1.165) is 0 Å². The molecule has 5 N–H and O–H groups in total. The highest BCUT2D eigenvalue weighted by atomic mass is 16.4. The number of rotatable bonds is 9. The van der Waals surface area contributed by atoms with E-state index < -0.39 is 24.5 Å². The maximum Gasteiger partial charge on any atom is 0.322 e. The average molecular weight is 363 g/mol. The van der Waals surface area contributed by atoms with E-state index in [1.54, 1.807) is 0 Å². The summed E-state index contributed by atoms with van der Waals surface area (Å²) in [4.78, 5) is 34.0. The van der Waals surface area contributed by atoms with E-state index in [1.165, 1.54) is 5.56 Å². The molecule has 0 fully saturated rings. The third-order valence-corrected chi connectivity index (χ3v) is 3.99. The van der Waals surface area contributed by atoms with Gasteiger partial charge in [0.2, 0.25) is 5.91 Å². The molecule has 0 unspecified atom stereocenters. The van der Waals surface area contributed by atoms with Crippen molar-refractivity contribution in [1.82, 2.24) is 10.6 Å². The fraction of sp³-hybridized carbons (Fsp3) is 0.526. The van der Waals surface area contributed by atoms with Crippen molar-refractivity contribution in [3.63, 3.8) is 0 Å². The third-order valence-electron chi connectivity index (χ3n) is 3.99. The van der Waals surface area contributed by atoms with Crippen molar-refractivity contribution in [3.8, 4) is 0 Å². The SMILES string of the molecule is CC(C)(C)c1ccc(C(=O)NCCCC[C@@H](N)C(=O)NCC(=O)O)cc1. The number of aliphatic carboxylic acids is 1. The first-order valence-electron chi connectivity index (χ1n) is 8.75. The summed E-state index contributed by atoms with van der Waals surface area (Å²) in [6, 6.07) is 6.82. The zero-order chi connectivity index (χ0) is 19.7. The molecular weight excluding hydrogens is 334 g/mol. The highest BCUT2D eigenvalue weighted by Crippen LogP contribution is 2.22. The fourth-order valence-corrected chi connectivity index (χ4v) is 2.34. The molecule has 0 radical (unpaired) electrons. The van der Waals surface area contributed by atoms with Crippen molar-refractivity contribution in [3.05, 3.63) is 35.4 Å². The average Bonchev–Trinajstić information content (AvgIpc) is 2.58. The monoisotopic (exact) mass is 363 g/mol. The molecule has 1 atom stereocenters. The molecule has 26 heavy (non-hydrogen) atoms. The van der Waals surface area contributed by atoms with E-state index >= 15 is 0 Å². The Labute approximate surface area is 154 Å². The number of nitrogens with one attached hydrogen (secondary N) is 2. The van der Waals surface area contributed by atoms with Crippen molar-refractivity contribution >= 4 is 17.8 Å². The minimum atomic E-state index is -1.11. The smallest absolute Gasteiger partial charge is 0.322 e. The maximum atomic E-state index is 12.1. The topological polar surface area (TPSA) is 122 Å². The van der Waals surface area contributed by atoms with Gasteiger partial charge < -0.3 is 21.5 Å². The molecule has 1 aromatic rings. The second kappa shape index (κ2) is 9.91. The minimum absolute atomic E-state index is 0.0462. The molecule has 2 amide bonds. The lowest BCUT2D eigenvalue weighted by Gasteiger charge is -2.19. The molecule has 1 aromatic carbocycles. The van der Waals surface area contributed by atoms with Crippen molar-refractivity contribution in [2.24, 2.45) is 5.73 Å². The van der Waals surface area contributed by atoms with E-state index in [9.17, 15) is 14.4 Å². The van der Waals surface area contributed by atoms with Gasteiger partial charge in [0.05, 0.1) is 6.04 Å². The fourth-order valence-electron chi connectivity index (χ4n) is 2.34. The summed E-state index contributed by atoms with van der Waals surface area (Å²) in [6.45, 7) is 6.41. The van der Waals surface area contributed by atoms with Crippen molar-refractivity contribution in [1.29, 1.82) is 0 Å². The van der Waals surface area contributed by atoms with Gasteiger partial charge in [-0.2, -0.15) is 0 Å². The van der Waals surface area contributed by atoms with Crippen molar-refractivity contribution < 1.29 is 19.5 Å². The van der Waals surface area contributed by atoms with Crippen LogP contribution in [0.1, 0.15) is 56.0 Å². The lowest BCUT2D eigenvalue weighted by Crippen LogP contribution is -2.42. The number of unbranched alkanes of at least 4 members (excludes halogenated alkanes) is 1. The van der Waals surface area contributed by atoms with Crippen LogP contribution in [0.5, 0.6) is 0 Å². The van der Waals surface area contributed by atoms with Gasteiger partial charge in [0.1, 0.15) is 6.54 Å². The molecule has 7 nitrogen and oxygen atoms in total. The molecule has 0 aliphatic rings. The highest BCUT2D eigenvalue weighted by molar-refractivity contribution is 5.94. The molecule has 7 heteroatoms. The Hall–Kier alpha value is -2.41. The van der Waals surface area contributed by atoms with Crippen LogP contribution >= 0.6 is 0 Å². The number of carbonyl (C=O) groups excluding carboxylic acids is 2. The summed E-state index contributed by atoms with van der Waals surface area (Å²) in [6.07, 6.45) is 1.78. The molecule has 0 spiro atoms. The quantitative estimate of drug-likeness (QED) is 0.494. The van der Waals surface area contributed by atoms with Gasteiger partial charge in [-0.05, 0) is 42.4 Å². The molecule has 0 bridgehead atoms. The predicted molar refractivity (Wildman–Crippen MR) is 99.9 cm³/mol. The van der Waals surface area contributed by atoms with E-state index in [4.69, 9.17) is 10.8 Å². The van der Waals surface area contributed by atoms with Crippen molar-refractivity contribution in [2.75, 3.05) is 13.1 Å². The first kappa shape index (κ1) is 21.6. The first-order chi connectivity index (χ1) is 12.1. The zero-order valence-electron chi connectivity index (χ0n) is 15.7. The summed E-state index contributed by atoms with van der Waals surface area (Å²) in [5, 5.41) is 13.6. The summed E-state index contributed by atoms with van der Waals surface area (Å²) in [5.74, 6) is -1.71. The number of benzene rings is 1. The summed E-state index contributed by atoms with van der Waals surface area (Å²) in [5.41, 5.74) is 7.52. The second-order valence-corrected chi connectivity index (χ2v) is 7.30. The Morgan fingerprint density at radius 1 is 1.08 bits per heavy atom. The number of hydrogen-bond acceptors (Lipinski definition) is 4. The maximum absolute atomic E-state index is 12.1. The van der Waals surface area contributed by atoms with Crippen LogP contribution in [0.3, 0.4) is 0 Å². The highest BCUT2D eigenvalue weighted by Gasteiger charge is 2.15. The van der Waals surface area contributed by atoms with E-state index in [1.807, 2.05) is 24.3 Å². The van der Waals surface area contributed by atoms with E-state index in [0.29, 0.717) is 31.4 Å². The van der Waals surface area contributed by atoms with Gasteiger partial charge in [0.15, 0.2) is 0 Å². The van der Waals surface area contributed by atoms with Crippen molar-refractivity contribution in [2.45, 2.75) is 51.5 Å². The number of carbonyl (C=O) groups is 3. The van der Waals surface area contributed by atoms with Crippen LogP contribution in [-0.2, 0) is 15.0 Å². The van der Waals surface area contributed by atoms with Crippen LogP contribution in [0.25, 0.3) is 0 Å². The molecule has 1 rings (SSSR count). The first-order valence-corrected chi connectivity index (χ1v) is 8.75. The van der Waals surface area contributed by atoms with Gasteiger partial charge in [-0.3, -0.25) is 14.4 Å². The Balaban J connectivity index is 2.28. The second-order valence-electron chi connectivity index (χ2n) is 7.30. The lowest BCUT2D eigenvalue weighted by atomic mass is 9.87. The van der Waals surface area contributed by atoms with Gasteiger partial charge in [-0.1, -0.05) is 32.9 Å². The van der Waals surface area contributed by atoms with Crippen LogP contribution in [-0.4, -0.2) is 42.0 Å². The summed E-state index contributed by atoms with van der Waals surface area (Å²) < 4.78 is 0. The van der Waals surface area contributed by atoms with Crippen LogP contribution in [0.15, 0.2) is 24.3 Å². The Morgan fingerprint density at radius 2 is 1.69 bits per heavy atom. The number of nitrogens with two attached hydrogens (primary N) is 1. The number of amides is 2. The Bertz CT molecular complexity index is 621. The van der Waals surface area contributed by atoms with Gasteiger partial charge in [-0.15, -0.1) is 0 Å². The largest absolute Gasteiger partial charge is 0.480 e. The number of carboxylic acid groups (broad SMARTS) is 1. The number of carboxylic acids is 1. The van der Waals surface area contributed by atoms with Crippen LogP contribution < -0.4 is 16.4 Å². The zero-order valence-corrected chi connectivity index (χ0v) is 15.7. The van der Waals surface area contributed by atoms with Crippen LogP contribution in [0.2, 0.25) is 0 Å². The van der Waals surface area contributed by atoms with Gasteiger partial charge >= 0.3 is 5.97 Å². The Kier molecular flexibility index (Phi) is 8.25. The molecule has 0 aromatic heterocycles.